The van der Waals surface area contributed by atoms with E-state index in [1.807, 2.05) is 12.1 Å². The number of rotatable bonds is 6. The Morgan fingerprint density at radius 3 is 2.53 bits per heavy atom. The number of aliphatic hydroxyl groups is 1. The highest BCUT2D eigenvalue weighted by atomic mass is 16.3. The molecule has 1 heterocycles. The van der Waals surface area contributed by atoms with Crippen molar-refractivity contribution in [1.82, 2.24) is 10.3 Å². The number of aromatic nitrogens is 1. The zero-order valence-electron chi connectivity index (χ0n) is 9.48. The first kappa shape index (κ1) is 12.1. The maximum Gasteiger partial charge on any atom is 0.0587 e. The van der Waals surface area contributed by atoms with Crippen molar-refractivity contribution in [3.63, 3.8) is 0 Å². The Morgan fingerprint density at radius 1 is 1.33 bits per heavy atom. The third-order valence-electron chi connectivity index (χ3n) is 2.57. The molecule has 1 atom stereocenters. The van der Waals surface area contributed by atoms with Gasteiger partial charge in [-0.2, -0.15) is 0 Å². The van der Waals surface area contributed by atoms with Crippen LogP contribution in [-0.4, -0.2) is 29.3 Å². The van der Waals surface area contributed by atoms with Crippen LogP contribution in [0.3, 0.4) is 0 Å². The van der Waals surface area contributed by atoms with Gasteiger partial charge in [0.1, 0.15) is 0 Å². The minimum atomic E-state index is 0.201. The summed E-state index contributed by atoms with van der Waals surface area (Å²) >= 11 is 0. The Morgan fingerprint density at radius 2 is 2.00 bits per heavy atom. The van der Waals surface area contributed by atoms with E-state index < -0.39 is 0 Å². The zero-order chi connectivity index (χ0) is 11.1. The summed E-state index contributed by atoms with van der Waals surface area (Å²) in [5.41, 5.74) is 1.28. The van der Waals surface area contributed by atoms with Crippen LogP contribution in [0.1, 0.15) is 19.4 Å². The number of hydrogen-bond donors (Lipinski definition) is 2. The van der Waals surface area contributed by atoms with Gasteiger partial charge in [-0.3, -0.25) is 4.98 Å². The van der Waals surface area contributed by atoms with Crippen molar-refractivity contribution in [1.29, 1.82) is 0 Å². The van der Waals surface area contributed by atoms with E-state index in [1.54, 1.807) is 12.4 Å². The van der Waals surface area contributed by atoms with Crippen LogP contribution in [0.2, 0.25) is 0 Å². The van der Waals surface area contributed by atoms with E-state index in [2.05, 4.69) is 24.1 Å². The van der Waals surface area contributed by atoms with Gasteiger partial charge in [0, 0.05) is 18.4 Å². The van der Waals surface area contributed by atoms with Crippen molar-refractivity contribution in [2.75, 3.05) is 13.2 Å². The lowest BCUT2D eigenvalue weighted by Crippen LogP contribution is -2.38. The predicted octanol–water partition coefficient (Wildman–Crippen LogP) is 1.23. The zero-order valence-corrected chi connectivity index (χ0v) is 9.48. The van der Waals surface area contributed by atoms with E-state index in [4.69, 9.17) is 5.11 Å². The lowest BCUT2D eigenvalue weighted by atomic mass is 10.1. The van der Waals surface area contributed by atoms with Crippen LogP contribution in [-0.2, 0) is 6.42 Å². The van der Waals surface area contributed by atoms with Gasteiger partial charge < -0.3 is 10.4 Å². The van der Waals surface area contributed by atoms with Gasteiger partial charge in [-0.1, -0.05) is 13.8 Å². The average Bonchev–Trinajstić information content (AvgIpc) is 2.25. The molecule has 0 saturated carbocycles. The van der Waals surface area contributed by atoms with Crippen LogP contribution in [0.5, 0.6) is 0 Å². The first-order valence-corrected chi connectivity index (χ1v) is 5.47. The molecule has 0 bridgehead atoms. The summed E-state index contributed by atoms with van der Waals surface area (Å²) in [5, 5.41) is 12.5. The largest absolute Gasteiger partial charge is 0.395 e. The molecule has 0 saturated heterocycles. The minimum Gasteiger partial charge on any atom is -0.395 e. The van der Waals surface area contributed by atoms with Gasteiger partial charge >= 0.3 is 0 Å². The molecule has 1 aromatic heterocycles. The van der Waals surface area contributed by atoms with Crippen LogP contribution >= 0.6 is 0 Å². The molecule has 1 aromatic rings. The maximum absolute atomic E-state index is 9.12. The number of pyridine rings is 1. The summed E-state index contributed by atoms with van der Waals surface area (Å²) in [6.07, 6.45) is 4.59. The van der Waals surface area contributed by atoms with Gasteiger partial charge in [-0.15, -0.1) is 0 Å². The minimum absolute atomic E-state index is 0.201. The van der Waals surface area contributed by atoms with Gasteiger partial charge in [-0.05, 0) is 36.6 Å². The van der Waals surface area contributed by atoms with Gasteiger partial charge in [0.05, 0.1) is 6.61 Å². The second-order valence-corrected chi connectivity index (χ2v) is 4.09. The van der Waals surface area contributed by atoms with Gasteiger partial charge in [-0.25, -0.2) is 0 Å². The summed E-state index contributed by atoms with van der Waals surface area (Å²) in [5.74, 6) is 0.465. The van der Waals surface area contributed by atoms with Crippen LogP contribution < -0.4 is 5.32 Å². The highest BCUT2D eigenvalue weighted by Gasteiger charge is 2.10. The molecule has 0 aromatic carbocycles. The lowest BCUT2D eigenvalue weighted by Gasteiger charge is -2.19. The van der Waals surface area contributed by atoms with E-state index >= 15 is 0 Å². The molecule has 1 unspecified atom stereocenters. The third kappa shape index (κ3) is 4.40. The molecule has 3 nitrogen and oxygen atoms in total. The molecule has 84 valence electrons. The molecular weight excluding hydrogens is 188 g/mol. The monoisotopic (exact) mass is 208 g/mol. The van der Waals surface area contributed by atoms with Crippen LogP contribution in [0.25, 0.3) is 0 Å². The van der Waals surface area contributed by atoms with E-state index in [0.29, 0.717) is 5.92 Å². The lowest BCUT2D eigenvalue weighted by molar-refractivity contribution is 0.212. The van der Waals surface area contributed by atoms with Gasteiger partial charge in [0.25, 0.3) is 0 Å². The van der Waals surface area contributed by atoms with Crippen molar-refractivity contribution in [3.05, 3.63) is 30.1 Å². The molecule has 0 spiro atoms. The fraction of sp³-hybridized carbons (Fsp3) is 0.583. The van der Waals surface area contributed by atoms with E-state index in [1.165, 1.54) is 5.56 Å². The molecule has 2 N–H and O–H groups in total. The van der Waals surface area contributed by atoms with E-state index in [9.17, 15) is 0 Å². The average molecular weight is 208 g/mol. The van der Waals surface area contributed by atoms with E-state index in [0.717, 1.165) is 13.0 Å². The topological polar surface area (TPSA) is 45.1 Å². The van der Waals surface area contributed by atoms with Crippen molar-refractivity contribution >= 4 is 0 Å². The second-order valence-electron chi connectivity index (χ2n) is 4.09. The summed E-state index contributed by atoms with van der Waals surface area (Å²) in [7, 11) is 0. The Balaban J connectivity index is 2.27. The third-order valence-corrected chi connectivity index (χ3v) is 2.57. The Labute approximate surface area is 91.5 Å². The molecule has 0 radical (unpaired) electrons. The number of nitrogens with one attached hydrogen (secondary N) is 1. The van der Waals surface area contributed by atoms with E-state index in [-0.39, 0.29) is 12.6 Å². The van der Waals surface area contributed by atoms with Crippen molar-refractivity contribution in [2.24, 2.45) is 5.92 Å². The molecule has 1 rings (SSSR count). The highest BCUT2D eigenvalue weighted by molar-refractivity contribution is 5.09. The Bertz CT molecular complexity index is 262. The SMILES string of the molecule is CC(C)C(CO)NCCc1ccncc1. The molecule has 0 amide bonds. The predicted molar refractivity (Wildman–Crippen MR) is 61.7 cm³/mol. The second kappa shape index (κ2) is 6.53. The van der Waals surface area contributed by atoms with Crippen LogP contribution in [0.4, 0.5) is 0 Å². The standard InChI is InChI=1S/C12H20N2O/c1-10(2)12(9-15)14-8-5-11-3-6-13-7-4-11/h3-4,6-7,10,12,14-15H,5,8-9H2,1-2H3. The first-order chi connectivity index (χ1) is 7.24. The van der Waals surface area contributed by atoms with Crippen LogP contribution in [0.15, 0.2) is 24.5 Å². The molecule has 0 aliphatic carbocycles. The molecule has 0 aliphatic rings. The quantitative estimate of drug-likeness (QED) is 0.739. The highest BCUT2D eigenvalue weighted by Crippen LogP contribution is 2.01. The normalized spacial score (nSPS) is 13.1. The fourth-order valence-corrected chi connectivity index (χ4v) is 1.46. The number of hydrogen-bond acceptors (Lipinski definition) is 3. The summed E-state index contributed by atoms with van der Waals surface area (Å²) in [6, 6.07) is 4.24. The maximum atomic E-state index is 9.12. The smallest absolute Gasteiger partial charge is 0.0587 e. The molecule has 3 heteroatoms. The fourth-order valence-electron chi connectivity index (χ4n) is 1.46. The molecule has 0 fully saturated rings. The summed E-state index contributed by atoms with van der Waals surface area (Å²) in [4.78, 5) is 3.97. The van der Waals surface area contributed by atoms with Gasteiger partial charge in [0.15, 0.2) is 0 Å². The van der Waals surface area contributed by atoms with Crippen molar-refractivity contribution in [3.8, 4) is 0 Å². The number of nitrogens with zero attached hydrogens (tertiary/aromatic N) is 1. The molecule has 15 heavy (non-hydrogen) atoms. The van der Waals surface area contributed by atoms with Gasteiger partial charge in [0.2, 0.25) is 0 Å². The molecular formula is C12H20N2O. The Kier molecular flexibility index (Phi) is 5.29. The summed E-state index contributed by atoms with van der Waals surface area (Å²) < 4.78 is 0. The van der Waals surface area contributed by atoms with Crippen molar-refractivity contribution < 1.29 is 5.11 Å². The number of aliphatic hydroxyl groups excluding tert-OH is 1. The van der Waals surface area contributed by atoms with Crippen LogP contribution in [0, 0.1) is 5.92 Å². The Hall–Kier alpha value is -0.930. The summed E-state index contributed by atoms with van der Waals surface area (Å²) in [6.45, 7) is 5.32. The molecule has 0 aliphatic heterocycles. The first-order valence-electron chi connectivity index (χ1n) is 5.47. The van der Waals surface area contributed by atoms with Crippen molar-refractivity contribution in [2.45, 2.75) is 26.3 Å².